The molecule has 0 amide bonds. The number of halogens is 1. The second-order valence-electron chi connectivity index (χ2n) is 5.66. The van der Waals surface area contributed by atoms with Gasteiger partial charge in [0.25, 0.3) is 0 Å². The summed E-state index contributed by atoms with van der Waals surface area (Å²) in [6.07, 6.45) is 1.63. The first-order chi connectivity index (χ1) is 8.83. The minimum absolute atomic E-state index is 0.0116. The summed E-state index contributed by atoms with van der Waals surface area (Å²) in [6.45, 7) is 9.06. The smallest absolute Gasteiger partial charge is 0.169 e. The van der Waals surface area contributed by atoms with Crippen LogP contribution in [0.5, 0.6) is 0 Å². The van der Waals surface area contributed by atoms with Gasteiger partial charge in [-0.2, -0.15) is 0 Å². The highest BCUT2D eigenvalue weighted by Crippen LogP contribution is 2.16. The summed E-state index contributed by atoms with van der Waals surface area (Å²) in [5.74, 6) is -0.0281. The van der Waals surface area contributed by atoms with Crippen molar-refractivity contribution in [1.82, 2.24) is 10.3 Å². The molecule has 1 atom stereocenters. The summed E-state index contributed by atoms with van der Waals surface area (Å²) in [5.41, 5.74) is 0.561. The maximum Gasteiger partial charge on any atom is 0.169 e. The lowest BCUT2D eigenvalue weighted by molar-refractivity contribution is 0.128. The first-order valence-electron chi connectivity index (χ1n) is 6.48. The van der Waals surface area contributed by atoms with Crippen molar-refractivity contribution in [2.24, 2.45) is 0 Å². The van der Waals surface area contributed by atoms with Gasteiger partial charge in [-0.05, 0) is 33.8 Å². The number of rotatable bonds is 6. The van der Waals surface area contributed by atoms with Crippen LogP contribution in [0.3, 0.4) is 0 Å². The average Bonchev–Trinajstić information content (AvgIpc) is 2.34. The van der Waals surface area contributed by atoms with Gasteiger partial charge in [0.1, 0.15) is 0 Å². The van der Waals surface area contributed by atoms with Crippen LogP contribution in [0.25, 0.3) is 0 Å². The van der Waals surface area contributed by atoms with E-state index in [2.05, 4.69) is 15.6 Å². The predicted molar refractivity (Wildman–Crippen MR) is 75.7 cm³/mol. The highest BCUT2D eigenvalue weighted by atomic mass is 19.1. The van der Waals surface area contributed by atoms with Gasteiger partial charge >= 0.3 is 0 Å². The first kappa shape index (κ1) is 15.9. The third kappa shape index (κ3) is 5.53. The van der Waals surface area contributed by atoms with Crippen LogP contribution in [-0.2, 0) is 11.3 Å². The van der Waals surface area contributed by atoms with Crippen LogP contribution < -0.4 is 10.6 Å². The molecule has 0 bridgehead atoms. The highest BCUT2D eigenvalue weighted by molar-refractivity contribution is 5.40. The fraction of sp³-hybridized carbons (Fsp3) is 0.643. The molecule has 0 spiro atoms. The van der Waals surface area contributed by atoms with Gasteiger partial charge in [-0.15, -0.1) is 0 Å². The third-order valence-corrected chi connectivity index (χ3v) is 2.74. The van der Waals surface area contributed by atoms with E-state index in [1.807, 2.05) is 27.7 Å². The van der Waals surface area contributed by atoms with Crippen LogP contribution in [-0.4, -0.2) is 30.3 Å². The molecule has 19 heavy (non-hydrogen) atoms. The molecule has 0 saturated heterocycles. The lowest BCUT2D eigenvalue weighted by Gasteiger charge is -2.21. The quantitative estimate of drug-likeness (QED) is 0.833. The number of anilines is 1. The first-order valence-corrected chi connectivity index (χ1v) is 6.48. The van der Waals surface area contributed by atoms with E-state index in [-0.39, 0.29) is 23.3 Å². The normalized spacial score (nSPS) is 13.4. The fourth-order valence-corrected chi connectivity index (χ4v) is 1.43. The molecule has 2 N–H and O–H groups in total. The number of hydrogen-bond acceptors (Lipinski definition) is 4. The Hall–Kier alpha value is -1.20. The average molecular weight is 269 g/mol. The molecule has 0 aliphatic heterocycles. The Morgan fingerprint density at radius 2 is 2.11 bits per heavy atom. The van der Waals surface area contributed by atoms with E-state index in [4.69, 9.17) is 4.74 Å². The Morgan fingerprint density at radius 1 is 1.42 bits per heavy atom. The van der Waals surface area contributed by atoms with Gasteiger partial charge in [0.2, 0.25) is 0 Å². The zero-order chi connectivity index (χ0) is 14.5. The molecule has 5 heteroatoms. The van der Waals surface area contributed by atoms with Crippen LogP contribution in [0, 0.1) is 5.82 Å². The number of nitrogens with one attached hydrogen (secondary N) is 2. The molecule has 0 saturated carbocycles. The van der Waals surface area contributed by atoms with E-state index in [0.29, 0.717) is 18.7 Å². The molecule has 1 rings (SSSR count). The molecular formula is C14H24FN3O. The maximum atomic E-state index is 14.2. The zero-order valence-electron chi connectivity index (χ0n) is 12.4. The summed E-state index contributed by atoms with van der Waals surface area (Å²) >= 11 is 0. The Morgan fingerprint density at radius 3 is 2.68 bits per heavy atom. The summed E-state index contributed by atoms with van der Waals surface area (Å²) in [5, 5.41) is 6.22. The minimum Gasteiger partial charge on any atom is -0.380 e. The van der Waals surface area contributed by atoms with Gasteiger partial charge in [0, 0.05) is 37.5 Å². The van der Waals surface area contributed by atoms with Gasteiger partial charge in [0.15, 0.2) is 11.6 Å². The largest absolute Gasteiger partial charge is 0.380 e. The van der Waals surface area contributed by atoms with Crippen molar-refractivity contribution in [3.05, 3.63) is 23.6 Å². The molecule has 1 unspecified atom stereocenters. The van der Waals surface area contributed by atoms with Crippen molar-refractivity contribution in [3.63, 3.8) is 0 Å². The summed E-state index contributed by atoms with van der Waals surface area (Å²) in [6, 6.07) is 1.69. The van der Waals surface area contributed by atoms with Crippen molar-refractivity contribution < 1.29 is 9.13 Å². The molecule has 4 nitrogen and oxygen atoms in total. The Balaban J connectivity index is 2.69. The topological polar surface area (TPSA) is 46.2 Å². The standard InChI is InChI=1S/C14H24FN3O/c1-10(19-5)8-17-13-12(15)11(6-7-16-13)9-18-14(2,3)4/h6-7,10,18H,8-9H2,1-5H3,(H,16,17). The second-order valence-corrected chi connectivity index (χ2v) is 5.66. The lowest BCUT2D eigenvalue weighted by Crippen LogP contribution is -2.35. The van der Waals surface area contributed by atoms with Crippen molar-refractivity contribution in [2.75, 3.05) is 19.0 Å². The molecule has 0 aromatic carbocycles. The van der Waals surface area contributed by atoms with E-state index in [1.165, 1.54) is 0 Å². The van der Waals surface area contributed by atoms with Gasteiger partial charge in [0.05, 0.1) is 6.10 Å². The second kappa shape index (κ2) is 6.82. The number of pyridine rings is 1. The molecule has 1 aromatic heterocycles. The predicted octanol–water partition coefficient (Wildman–Crippen LogP) is 2.56. The zero-order valence-corrected chi connectivity index (χ0v) is 12.4. The Labute approximate surface area is 114 Å². The minimum atomic E-state index is -0.303. The number of aromatic nitrogens is 1. The van der Waals surface area contributed by atoms with Crippen molar-refractivity contribution in [2.45, 2.75) is 45.9 Å². The van der Waals surface area contributed by atoms with Crippen molar-refractivity contribution >= 4 is 5.82 Å². The van der Waals surface area contributed by atoms with E-state index < -0.39 is 0 Å². The lowest BCUT2D eigenvalue weighted by atomic mass is 10.1. The Kier molecular flexibility index (Phi) is 5.69. The van der Waals surface area contributed by atoms with E-state index in [9.17, 15) is 4.39 Å². The SMILES string of the molecule is COC(C)CNc1nccc(CNC(C)(C)C)c1F. The fourth-order valence-electron chi connectivity index (χ4n) is 1.43. The monoisotopic (exact) mass is 269 g/mol. The van der Waals surface area contributed by atoms with Crippen LogP contribution in [0.4, 0.5) is 10.2 Å². The summed E-state index contributed by atoms with van der Waals surface area (Å²) in [4.78, 5) is 4.02. The summed E-state index contributed by atoms with van der Waals surface area (Å²) in [7, 11) is 1.62. The Bertz CT molecular complexity index is 404. The molecule has 0 aliphatic rings. The van der Waals surface area contributed by atoms with Gasteiger partial charge in [-0.25, -0.2) is 9.37 Å². The van der Waals surface area contributed by atoms with Crippen LogP contribution in [0.1, 0.15) is 33.3 Å². The van der Waals surface area contributed by atoms with E-state index in [0.717, 1.165) is 0 Å². The molecule has 108 valence electrons. The van der Waals surface area contributed by atoms with E-state index >= 15 is 0 Å². The van der Waals surface area contributed by atoms with Crippen molar-refractivity contribution in [3.8, 4) is 0 Å². The molecular weight excluding hydrogens is 245 g/mol. The molecule has 1 aromatic rings. The van der Waals surface area contributed by atoms with E-state index in [1.54, 1.807) is 19.4 Å². The number of methoxy groups -OCH3 is 1. The van der Waals surface area contributed by atoms with Crippen LogP contribution >= 0.6 is 0 Å². The molecule has 0 fully saturated rings. The highest BCUT2D eigenvalue weighted by Gasteiger charge is 2.13. The third-order valence-electron chi connectivity index (χ3n) is 2.74. The summed E-state index contributed by atoms with van der Waals surface area (Å²) < 4.78 is 19.3. The number of hydrogen-bond donors (Lipinski definition) is 2. The van der Waals surface area contributed by atoms with Gasteiger partial charge in [-0.3, -0.25) is 0 Å². The maximum absolute atomic E-state index is 14.2. The van der Waals surface area contributed by atoms with Crippen molar-refractivity contribution in [1.29, 1.82) is 0 Å². The number of ether oxygens (including phenoxy) is 1. The molecule has 0 radical (unpaired) electrons. The van der Waals surface area contributed by atoms with Crippen LogP contribution in [0.2, 0.25) is 0 Å². The van der Waals surface area contributed by atoms with Gasteiger partial charge in [-0.1, -0.05) is 0 Å². The van der Waals surface area contributed by atoms with Crippen LogP contribution in [0.15, 0.2) is 12.3 Å². The molecule has 1 heterocycles. The van der Waals surface area contributed by atoms with Gasteiger partial charge < -0.3 is 15.4 Å². The number of nitrogens with zero attached hydrogens (tertiary/aromatic N) is 1. The molecule has 0 aliphatic carbocycles.